The van der Waals surface area contributed by atoms with Crippen LogP contribution in [0.3, 0.4) is 0 Å². The molecule has 13 aromatic rings. The molecule has 0 unspecified atom stereocenters. The molecule has 0 fully saturated rings. The van der Waals surface area contributed by atoms with Crippen molar-refractivity contribution in [3.8, 4) is 67.5 Å². The summed E-state index contributed by atoms with van der Waals surface area (Å²) in [5.41, 5.74) is 15.8. The molecule has 0 N–H and O–H groups in total. The lowest BCUT2D eigenvalue weighted by Gasteiger charge is -2.22. The van der Waals surface area contributed by atoms with Crippen LogP contribution in [0.25, 0.3) is 132 Å². The fraction of sp³-hybridized carbons (Fsp3) is 0.0500. The SMILES string of the molecule is CC1(C)c2ccccc2-c2ccc(-c3ccc(-c4ccc5oc6cccc(-c7nc(-c8cccc9c8oc8ccccc89)nc(-c8cccc9sc%10ccccc%10c89)n7)c6c5c4)cc3)cc21. The van der Waals surface area contributed by atoms with Gasteiger partial charge in [-0.2, -0.15) is 0 Å². The summed E-state index contributed by atoms with van der Waals surface area (Å²) in [4.78, 5) is 16.0. The zero-order chi connectivity index (χ0) is 43.7. The molecule has 66 heavy (non-hydrogen) atoms. The molecule has 0 radical (unpaired) electrons. The Morgan fingerprint density at radius 2 is 0.909 bits per heavy atom. The van der Waals surface area contributed by atoms with Crippen LogP contribution >= 0.6 is 11.3 Å². The van der Waals surface area contributed by atoms with Crippen LogP contribution in [0, 0.1) is 0 Å². The van der Waals surface area contributed by atoms with Crippen molar-refractivity contribution in [2.45, 2.75) is 19.3 Å². The molecule has 6 heteroatoms. The Kier molecular flexibility index (Phi) is 7.84. The number of hydrogen-bond acceptors (Lipinski definition) is 6. The molecule has 0 aliphatic heterocycles. The number of hydrogen-bond donors (Lipinski definition) is 0. The van der Waals surface area contributed by atoms with Crippen molar-refractivity contribution < 1.29 is 8.83 Å². The van der Waals surface area contributed by atoms with Crippen LogP contribution in [-0.2, 0) is 5.41 Å². The third-order valence-electron chi connectivity index (χ3n) is 13.8. The first-order chi connectivity index (χ1) is 32.4. The van der Waals surface area contributed by atoms with Crippen molar-refractivity contribution in [2.75, 3.05) is 0 Å². The van der Waals surface area contributed by atoms with E-state index in [2.05, 4.69) is 166 Å². The van der Waals surface area contributed by atoms with Crippen LogP contribution in [0.2, 0.25) is 0 Å². The Bertz CT molecular complexity index is 4150. The van der Waals surface area contributed by atoms with Crippen LogP contribution in [0.4, 0.5) is 0 Å². The maximum absolute atomic E-state index is 6.59. The Labute approximate surface area is 383 Å². The molecule has 5 nitrogen and oxygen atoms in total. The minimum Gasteiger partial charge on any atom is -0.456 e. The van der Waals surface area contributed by atoms with Crippen LogP contribution in [0.15, 0.2) is 197 Å². The highest BCUT2D eigenvalue weighted by molar-refractivity contribution is 7.25. The van der Waals surface area contributed by atoms with Crippen LogP contribution in [0.5, 0.6) is 0 Å². The topological polar surface area (TPSA) is 65.0 Å². The smallest absolute Gasteiger partial charge is 0.167 e. The number of para-hydroxylation sites is 2. The quantitative estimate of drug-likeness (QED) is 0.172. The van der Waals surface area contributed by atoms with E-state index in [0.717, 1.165) is 77.1 Å². The van der Waals surface area contributed by atoms with E-state index in [1.807, 2.05) is 36.4 Å². The van der Waals surface area contributed by atoms with Gasteiger partial charge in [0, 0.05) is 58.3 Å². The lowest BCUT2D eigenvalue weighted by Crippen LogP contribution is -2.14. The first-order valence-electron chi connectivity index (χ1n) is 22.3. The molecule has 0 amide bonds. The number of fused-ring (bicyclic) bond motifs is 12. The Morgan fingerprint density at radius 3 is 1.74 bits per heavy atom. The zero-order valence-electron chi connectivity index (χ0n) is 36.0. The van der Waals surface area contributed by atoms with Gasteiger partial charge < -0.3 is 8.83 Å². The molecule has 4 heterocycles. The van der Waals surface area contributed by atoms with Gasteiger partial charge >= 0.3 is 0 Å². The molecule has 0 atom stereocenters. The number of nitrogens with zero attached hydrogens (tertiary/aromatic N) is 3. The lowest BCUT2D eigenvalue weighted by molar-refractivity contribution is 0.660. The summed E-state index contributed by atoms with van der Waals surface area (Å²) < 4.78 is 15.6. The van der Waals surface area contributed by atoms with Gasteiger partial charge in [0.25, 0.3) is 0 Å². The van der Waals surface area contributed by atoms with E-state index in [1.54, 1.807) is 11.3 Å². The number of rotatable bonds is 5. The van der Waals surface area contributed by atoms with E-state index in [4.69, 9.17) is 23.8 Å². The van der Waals surface area contributed by atoms with Crippen LogP contribution < -0.4 is 0 Å². The summed E-state index contributed by atoms with van der Waals surface area (Å²) in [6.45, 7) is 4.67. The van der Waals surface area contributed by atoms with E-state index in [1.165, 1.54) is 48.2 Å². The molecule has 310 valence electrons. The summed E-state index contributed by atoms with van der Waals surface area (Å²) in [5, 5.41) is 6.34. The molecular formula is C60H37N3O2S. The average Bonchev–Trinajstić information content (AvgIpc) is 4.11. The summed E-state index contributed by atoms with van der Waals surface area (Å²) in [7, 11) is 0. The average molecular weight is 864 g/mol. The molecule has 1 aliphatic carbocycles. The minimum absolute atomic E-state index is 0.0521. The third kappa shape index (κ3) is 5.49. The molecule has 0 bridgehead atoms. The molecule has 14 rings (SSSR count). The van der Waals surface area contributed by atoms with Gasteiger partial charge in [0.1, 0.15) is 22.3 Å². The van der Waals surface area contributed by atoms with E-state index in [9.17, 15) is 0 Å². The Morgan fingerprint density at radius 1 is 0.364 bits per heavy atom. The highest BCUT2D eigenvalue weighted by atomic mass is 32.1. The first-order valence-corrected chi connectivity index (χ1v) is 23.1. The molecule has 0 saturated carbocycles. The molecule has 9 aromatic carbocycles. The normalized spacial score (nSPS) is 13.1. The van der Waals surface area contributed by atoms with Gasteiger partial charge in [0.2, 0.25) is 0 Å². The molecular weight excluding hydrogens is 827 g/mol. The zero-order valence-corrected chi connectivity index (χ0v) is 36.8. The molecule has 4 aromatic heterocycles. The predicted octanol–water partition coefficient (Wildman–Crippen LogP) is 16.7. The Hall–Kier alpha value is -8.19. The number of benzene rings is 9. The van der Waals surface area contributed by atoms with E-state index >= 15 is 0 Å². The van der Waals surface area contributed by atoms with Gasteiger partial charge in [-0.25, -0.2) is 15.0 Å². The number of furan rings is 2. The van der Waals surface area contributed by atoms with Crippen molar-refractivity contribution >= 4 is 75.4 Å². The standard InChI is InChI=1S/C60H37N3O2S/c1-60(2)47-19-6-3-12-38(47)39-30-28-37(33-48(39)60)35-26-24-34(25-27-35)36-29-31-50-46(32-36)54-43(16-10-21-51(54)64-50)57-61-58(44-17-11-23-53-55(44)42-14-5-8-22-52(42)66-53)63-59(62-57)45-18-9-15-41-40-13-4-7-20-49(40)65-56(41)45/h3-33H,1-2H3. The van der Waals surface area contributed by atoms with Crippen molar-refractivity contribution in [1.29, 1.82) is 0 Å². The second-order valence-electron chi connectivity index (χ2n) is 17.9. The second kappa shape index (κ2) is 13.9. The maximum Gasteiger partial charge on any atom is 0.167 e. The maximum atomic E-state index is 6.59. The van der Waals surface area contributed by atoms with Gasteiger partial charge in [0.05, 0.1) is 5.56 Å². The van der Waals surface area contributed by atoms with E-state index in [-0.39, 0.29) is 5.41 Å². The molecule has 0 spiro atoms. The fourth-order valence-electron chi connectivity index (χ4n) is 10.6. The van der Waals surface area contributed by atoms with Gasteiger partial charge in [-0.05, 0) is 93.0 Å². The Balaban J connectivity index is 0.920. The van der Waals surface area contributed by atoms with Crippen molar-refractivity contribution in [3.63, 3.8) is 0 Å². The highest BCUT2D eigenvalue weighted by Crippen LogP contribution is 2.50. The van der Waals surface area contributed by atoms with Gasteiger partial charge in [0.15, 0.2) is 17.5 Å². The minimum atomic E-state index is -0.0521. The third-order valence-corrected chi connectivity index (χ3v) is 14.9. The van der Waals surface area contributed by atoms with Crippen molar-refractivity contribution in [3.05, 3.63) is 199 Å². The number of aromatic nitrogens is 3. The van der Waals surface area contributed by atoms with Crippen molar-refractivity contribution in [2.24, 2.45) is 0 Å². The summed E-state index contributed by atoms with van der Waals surface area (Å²) in [6, 6.07) is 66.6. The summed E-state index contributed by atoms with van der Waals surface area (Å²) >= 11 is 1.78. The van der Waals surface area contributed by atoms with Crippen LogP contribution in [0.1, 0.15) is 25.0 Å². The van der Waals surface area contributed by atoms with Crippen LogP contribution in [-0.4, -0.2) is 15.0 Å². The summed E-state index contributed by atoms with van der Waals surface area (Å²) in [6.07, 6.45) is 0. The lowest BCUT2D eigenvalue weighted by atomic mass is 9.81. The predicted molar refractivity (Wildman–Crippen MR) is 272 cm³/mol. The van der Waals surface area contributed by atoms with E-state index < -0.39 is 0 Å². The molecule has 1 aliphatic rings. The first kappa shape index (κ1) is 37.2. The second-order valence-corrected chi connectivity index (χ2v) is 18.9. The molecule has 0 saturated heterocycles. The van der Waals surface area contributed by atoms with Gasteiger partial charge in [-0.1, -0.05) is 153 Å². The monoisotopic (exact) mass is 863 g/mol. The summed E-state index contributed by atoms with van der Waals surface area (Å²) in [5.74, 6) is 1.70. The van der Waals surface area contributed by atoms with Crippen molar-refractivity contribution in [1.82, 2.24) is 15.0 Å². The largest absolute Gasteiger partial charge is 0.456 e. The van der Waals surface area contributed by atoms with Gasteiger partial charge in [-0.15, -0.1) is 11.3 Å². The number of thiophene rings is 1. The highest BCUT2D eigenvalue weighted by Gasteiger charge is 2.35. The van der Waals surface area contributed by atoms with Gasteiger partial charge in [-0.3, -0.25) is 0 Å². The fourth-order valence-corrected chi connectivity index (χ4v) is 11.7. The van der Waals surface area contributed by atoms with E-state index in [0.29, 0.717) is 17.5 Å².